The number of hydrogen-bond acceptors (Lipinski definition) is 4. The van der Waals surface area contributed by atoms with Gasteiger partial charge in [0.25, 0.3) is 0 Å². The molecular weight excluding hydrogens is 287 g/mol. The molecule has 0 bridgehead atoms. The highest BCUT2D eigenvalue weighted by Gasteiger charge is 2.30. The number of para-hydroxylation sites is 1. The summed E-state index contributed by atoms with van der Waals surface area (Å²) in [5.74, 6) is 0.557. The smallest absolute Gasteiger partial charge is 0.153 e. The molecule has 1 aliphatic rings. The van der Waals surface area contributed by atoms with Gasteiger partial charge in [-0.2, -0.15) is 0 Å². The number of nitrogens with two attached hydrogens (primary N) is 1. The number of imidazole rings is 1. The van der Waals surface area contributed by atoms with Crippen LogP contribution in [0.1, 0.15) is 29.6 Å². The van der Waals surface area contributed by atoms with E-state index in [4.69, 9.17) is 5.73 Å². The van der Waals surface area contributed by atoms with E-state index in [1.807, 2.05) is 13.0 Å². The van der Waals surface area contributed by atoms with Crippen LogP contribution in [0.25, 0.3) is 21.7 Å². The van der Waals surface area contributed by atoms with Crippen molar-refractivity contribution in [3.05, 3.63) is 34.7 Å². The molecule has 2 N–H and O–H groups in total. The Morgan fingerprint density at radius 1 is 1.38 bits per heavy atom. The number of hydrogen-bond donors (Lipinski definition) is 1. The maximum Gasteiger partial charge on any atom is 0.153 e. The summed E-state index contributed by atoms with van der Waals surface area (Å²) in [6, 6.07) is 5.57. The largest absolute Gasteiger partial charge is 0.325 e. The summed E-state index contributed by atoms with van der Waals surface area (Å²) in [6.07, 6.45) is 2.24. The molecule has 0 amide bonds. The highest BCUT2D eigenvalue weighted by Crippen LogP contribution is 2.43. The monoisotopic (exact) mass is 302 g/mol. The number of thiazole rings is 1. The van der Waals surface area contributed by atoms with Gasteiger partial charge in [0.1, 0.15) is 10.5 Å². The molecule has 6 heteroatoms. The summed E-state index contributed by atoms with van der Waals surface area (Å²) in [4.78, 5) is 10.0. The molecule has 1 aliphatic carbocycles. The molecule has 4 rings (SSSR count). The fourth-order valence-electron chi connectivity index (χ4n) is 2.69. The zero-order valence-electron chi connectivity index (χ0n) is 11.6. The van der Waals surface area contributed by atoms with E-state index in [1.54, 1.807) is 17.4 Å². The standard InChI is InChI=1S/C15H15FN4S/c1-8-14(21-12(7-17)18-8)15-19-13-10(16)3-2-4-11(13)20(15)9-5-6-9/h2-4,9H,5-7,17H2,1H3. The maximum atomic E-state index is 14.0. The molecule has 2 aromatic heterocycles. The van der Waals surface area contributed by atoms with E-state index in [-0.39, 0.29) is 5.82 Å². The van der Waals surface area contributed by atoms with Gasteiger partial charge >= 0.3 is 0 Å². The normalized spacial score (nSPS) is 15.0. The van der Waals surface area contributed by atoms with Crippen molar-refractivity contribution < 1.29 is 4.39 Å². The van der Waals surface area contributed by atoms with Crippen LogP contribution in [0.3, 0.4) is 0 Å². The van der Waals surface area contributed by atoms with Crippen LogP contribution in [0, 0.1) is 12.7 Å². The van der Waals surface area contributed by atoms with Gasteiger partial charge in [-0.05, 0) is 31.9 Å². The molecule has 108 valence electrons. The minimum Gasteiger partial charge on any atom is -0.325 e. The Morgan fingerprint density at radius 2 is 2.19 bits per heavy atom. The third kappa shape index (κ3) is 1.98. The zero-order chi connectivity index (χ0) is 14.6. The first-order valence-corrected chi connectivity index (χ1v) is 7.84. The molecule has 1 aromatic carbocycles. The molecule has 0 aliphatic heterocycles. The predicted molar refractivity (Wildman–Crippen MR) is 81.7 cm³/mol. The molecule has 21 heavy (non-hydrogen) atoms. The van der Waals surface area contributed by atoms with Gasteiger partial charge in [-0.25, -0.2) is 14.4 Å². The first-order valence-electron chi connectivity index (χ1n) is 7.02. The SMILES string of the molecule is Cc1nc(CN)sc1-c1nc2c(F)cccc2n1C1CC1. The first kappa shape index (κ1) is 12.9. The van der Waals surface area contributed by atoms with Crippen LogP contribution in [0.5, 0.6) is 0 Å². The molecule has 0 radical (unpaired) electrons. The second kappa shape index (κ2) is 4.61. The lowest BCUT2D eigenvalue weighted by atomic mass is 10.3. The van der Waals surface area contributed by atoms with E-state index in [1.165, 1.54) is 6.07 Å². The average Bonchev–Trinajstić information content (AvgIpc) is 3.13. The van der Waals surface area contributed by atoms with Crippen molar-refractivity contribution in [2.45, 2.75) is 32.4 Å². The lowest BCUT2D eigenvalue weighted by Crippen LogP contribution is -1.97. The van der Waals surface area contributed by atoms with Crippen molar-refractivity contribution in [2.75, 3.05) is 0 Å². The second-order valence-electron chi connectivity index (χ2n) is 5.37. The van der Waals surface area contributed by atoms with Gasteiger partial charge in [0.15, 0.2) is 11.6 Å². The minimum absolute atomic E-state index is 0.269. The van der Waals surface area contributed by atoms with E-state index in [9.17, 15) is 4.39 Å². The van der Waals surface area contributed by atoms with Crippen LogP contribution in [-0.2, 0) is 6.54 Å². The van der Waals surface area contributed by atoms with E-state index in [0.717, 1.165) is 39.8 Å². The van der Waals surface area contributed by atoms with E-state index < -0.39 is 0 Å². The molecule has 1 saturated carbocycles. The van der Waals surface area contributed by atoms with Crippen molar-refractivity contribution in [3.63, 3.8) is 0 Å². The average molecular weight is 302 g/mol. The Bertz CT molecular complexity index is 832. The number of fused-ring (bicyclic) bond motifs is 1. The lowest BCUT2D eigenvalue weighted by molar-refractivity contribution is 0.637. The predicted octanol–water partition coefficient (Wildman–Crippen LogP) is 3.40. The van der Waals surface area contributed by atoms with Crippen LogP contribution < -0.4 is 5.73 Å². The Hall–Kier alpha value is -1.79. The summed E-state index contributed by atoms with van der Waals surface area (Å²) in [7, 11) is 0. The number of aromatic nitrogens is 3. The molecule has 0 atom stereocenters. The van der Waals surface area contributed by atoms with E-state index in [0.29, 0.717) is 18.1 Å². The summed E-state index contributed by atoms with van der Waals surface area (Å²) in [5, 5.41) is 0.886. The fourth-order valence-corrected chi connectivity index (χ4v) is 3.62. The van der Waals surface area contributed by atoms with Crippen molar-refractivity contribution in [1.29, 1.82) is 0 Å². The van der Waals surface area contributed by atoms with Gasteiger partial charge in [0.05, 0.1) is 16.1 Å². The van der Waals surface area contributed by atoms with Gasteiger partial charge in [0.2, 0.25) is 0 Å². The van der Waals surface area contributed by atoms with Crippen LogP contribution in [-0.4, -0.2) is 14.5 Å². The minimum atomic E-state index is -0.269. The van der Waals surface area contributed by atoms with E-state index in [2.05, 4.69) is 14.5 Å². The summed E-state index contributed by atoms with van der Waals surface area (Å²) < 4.78 is 16.2. The van der Waals surface area contributed by atoms with Crippen molar-refractivity contribution in [2.24, 2.45) is 5.73 Å². The highest BCUT2D eigenvalue weighted by atomic mass is 32.1. The first-order chi connectivity index (χ1) is 10.2. The number of benzene rings is 1. The molecule has 0 unspecified atom stereocenters. The zero-order valence-corrected chi connectivity index (χ0v) is 12.5. The Labute approximate surface area is 125 Å². The van der Waals surface area contributed by atoms with Crippen molar-refractivity contribution >= 4 is 22.4 Å². The quantitative estimate of drug-likeness (QED) is 0.806. The van der Waals surface area contributed by atoms with Crippen LogP contribution in [0.4, 0.5) is 4.39 Å². The highest BCUT2D eigenvalue weighted by molar-refractivity contribution is 7.15. The maximum absolute atomic E-state index is 14.0. The second-order valence-corrected chi connectivity index (χ2v) is 6.45. The van der Waals surface area contributed by atoms with Crippen LogP contribution in [0.15, 0.2) is 18.2 Å². The molecule has 0 spiro atoms. The summed E-state index contributed by atoms with van der Waals surface area (Å²) >= 11 is 1.55. The molecule has 1 fully saturated rings. The number of aryl methyl sites for hydroxylation is 1. The van der Waals surface area contributed by atoms with Gasteiger partial charge in [-0.1, -0.05) is 6.07 Å². The third-order valence-corrected chi connectivity index (χ3v) is 4.98. The topological polar surface area (TPSA) is 56.7 Å². The Morgan fingerprint density at radius 3 is 2.86 bits per heavy atom. The molecule has 0 saturated heterocycles. The lowest BCUT2D eigenvalue weighted by Gasteiger charge is -2.06. The van der Waals surface area contributed by atoms with Crippen LogP contribution >= 0.6 is 11.3 Å². The molecule has 2 heterocycles. The number of nitrogens with zero attached hydrogens (tertiary/aromatic N) is 3. The molecular formula is C15H15FN4S. The van der Waals surface area contributed by atoms with Crippen molar-refractivity contribution in [1.82, 2.24) is 14.5 Å². The number of halogens is 1. The van der Waals surface area contributed by atoms with Gasteiger partial charge in [-0.15, -0.1) is 11.3 Å². The molecule has 3 aromatic rings. The van der Waals surface area contributed by atoms with Crippen LogP contribution in [0.2, 0.25) is 0 Å². The third-order valence-electron chi connectivity index (χ3n) is 3.80. The van der Waals surface area contributed by atoms with Gasteiger partial charge < -0.3 is 10.3 Å². The molecule has 4 nitrogen and oxygen atoms in total. The Balaban J connectivity index is 2.01. The summed E-state index contributed by atoms with van der Waals surface area (Å²) in [6.45, 7) is 2.38. The van der Waals surface area contributed by atoms with Crippen molar-refractivity contribution in [3.8, 4) is 10.7 Å². The fraction of sp³-hybridized carbons (Fsp3) is 0.333. The van der Waals surface area contributed by atoms with Gasteiger partial charge in [0, 0.05) is 12.6 Å². The van der Waals surface area contributed by atoms with Gasteiger partial charge in [-0.3, -0.25) is 0 Å². The summed E-state index contributed by atoms with van der Waals surface area (Å²) in [5.41, 5.74) is 7.91. The van der Waals surface area contributed by atoms with E-state index >= 15 is 0 Å². The number of rotatable bonds is 3. The Kier molecular flexibility index (Phi) is 2.83.